The molecule has 0 amide bonds. The number of aromatic carboxylic acids is 1. The third-order valence-corrected chi connectivity index (χ3v) is 6.01. The van der Waals surface area contributed by atoms with Crippen LogP contribution in [0.5, 0.6) is 0 Å². The molecule has 0 unspecified atom stereocenters. The van der Waals surface area contributed by atoms with Crippen LogP contribution in [0.1, 0.15) is 45.7 Å². The van der Waals surface area contributed by atoms with Crippen molar-refractivity contribution in [3.63, 3.8) is 0 Å². The number of anilines is 1. The predicted octanol–water partition coefficient (Wildman–Crippen LogP) is 4.82. The average Bonchev–Trinajstić information content (AvgIpc) is 2.86. The molecule has 0 spiro atoms. The molecule has 2 aromatic heterocycles. The zero-order valence-corrected chi connectivity index (χ0v) is 20.5. The molecular weight excluding hydrogens is 456 g/mol. The topological polar surface area (TPSA) is 130 Å². The zero-order chi connectivity index (χ0) is 26.0. The number of nitrogens with zero attached hydrogens (tertiary/aromatic N) is 1. The number of nitrogens with two attached hydrogens (primary N) is 1. The molecule has 2 heterocycles. The number of fused-ring (bicyclic) bond motifs is 1. The molecule has 0 aliphatic heterocycles. The van der Waals surface area contributed by atoms with E-state index in [0.717, 1.165) is 11.1 Å². The fourth-order valence-corrected chi connectivity index (χ4v) is 4.20. The van der Waals surface area contributed by atoms with Gasteiger partial charge in [-0.25, -0.2) is 4.79 Å². The van der Waals surface area contributed by atoms with Crippen molar-refractivity contribution in [2.45, 2.75) is 26.8 Å². The van der Waals surface area contributed by atoms with Gasteiger partial charge in [-0.15, -0.1) is 0 Å². The minimum Gasteiger partial charge on any atom is -0.478 e. The second-order valence-corrected chi connectivity index (χ2v) is 8.65. The van der Waals surface area contributed by atoms with E-state index in [1.165, 1.54) is 0 Å². The van der Waals surface area contributed by atoms with Crippen LogP contribution in [0.15, 0.2) is 70.1 Å². The van der Waals surface area contributed by atoms with Gasteiger partial charge in [0.05, 0.1) is 28.4 Å². The third kappa shape index (κ3) is 4.65. The Kier molecular flexibility index (Phi) is 6.78. The lowest BCUT2D eigenvalue weighted by atomic mass is 9.98. The van der Waals surface area contributed by atoms with Gasteiger partial charge in [-0.2, -0.15) is 0 Å². The molecule has 8 heteroatoms. The van der Waals surface area contributed by atoms with Gasteiger partial charge in [0.25, 0.3) is 0 Å². The summed E-state index contributed by atoms with van der Waals surface area (Å²) in [5.74, 6) is -0.601. The minimum absolute atomic E-state index is 0.131. The lowest BCUT2D eigenvalue weighted by Gasteiger charge is -2.20. The molecule has 2 aromatic carbocycles. The first-order chi connectivity index (χ1) is 17.2. The Balaban J connectivity index is 1.84. The first-order valence-corrected chi connectivity index (χ1v) is 11.5. The fourth-order valence-electron chi connectivity index (χ4n) is 4.20. The fraction of sp³-hybridized carbons (Fsp3) is 0.179. The van der Waals surface area contributed by atoms with Gasteiger partial charge >= 0.3 is 5.97 Å². The SMILES string of the molecule is CN/C=C(\N)c1ccc(-c2oc3c([C@@H](C)Nc4ccccc4C(=O)O)cc(C)cc3c(=O)c2C)cn1. The van der Waals surface area contributed by atoms with Crippen LogP contribution >= 0.6 is 0 Å². The number of hydrogen-bond donors (Lipinski definition) is 4. The highest BCUT2D eigenvalue weighted by molar-refractivity contribution is 5.94. The number of rotatable bonds is 7. The van der Waals surface area contributed by atoms with Gasteiger partial charge in [-0.1, -0.05) is 18.2 Å². The van der Waals surface area contributed by atoms with Crippen LogP contribution in [-0.2, 0) is 0 Å². The van der Waals surface area contributed by atoms with E-state index in [-0.39, 0.29) is 17.0 Å². The van der Waals surface area contributed by atoms with Crippen molar-refractivity contribution in [1.82, 2.24) is 10.3 Å². The Hall–Kier alpha value is -4.59. The van der Waals surface area contributed by atoms with Crippen molar-refractivity contribution < 1.29 is 14.3 Å². The Morgan fingerprint density at radius 2 is 1.92 bits per heavy atom. The van der Waals surface area contributed by atoms with Gasteiger partial charge in [-0.05, 0) is 56.7 Å². The highest BCUT2D eigenvalue weighted by Gasteiger charge is 2.20. The summed E-state index contributed by atoms with van der Waals surface area (Å²) in [4.78, 5) is 29.5. The van der Waals surface area contributed by atoms with Crippen molar-refractivity contribution in [2.24, 2.45) is 5.73 Å². The second-order valence-electron chi connectivity index (χ2n) is 8.65. The van der Waals surface area contributed by atoms with E-state index in [1.54, 1.807) is 56.7 Å². The molecule has 0 aliphatic carbocycles. The number of carboxylic acids is 1. The molecule has 184 valence electrons. The molecule has 0 saturated heterocycles. The lowest BCUT2D eigenvalue weighted by Crippen LogP contribution is -2.14. The molecule has 4 aromatic rings. The maximum atomic E-state index is 13.4. The molecule has 1 atom stereocenters. The number of hydrogen-bond acceptors (Lipinski definition) is 7. The molecule has 36 heavy (non-hydrogen) atoms. The summed E-state index contributed by atoms with van der Waals surface area (Å²) in [7, 11) is 1.75. The molecule has 5 N–H and O–H groups in total. The standard InChI is InChI=1S/C28H28N4O4/c1-15-11-20(17(3)32-23-8-6-5-7-19(23)28(34)35)27-21(12-15)25(33)16(2)26(36-27)18-9-10-24(31-13-18)22(29)14-30-4/h5-14,17,30,32H,29H2,1-4H3,(H,34,35)/b22-14-/t17-/m1/s1. The molecule has 0 bridgehead atoms. The van der Waals surface area contributed by atoms with E-state index in [1.807, 2.05) is 32.0 Å². The number of carboxylic acid groups (broad SMARTS) is 1. The van der Waals surface area contributed by atoms with Crippen LogP contribution in [0.3, 0.4) is 0 Å². The predicted molar refractivity (Wildman–Crippen MR) is 142 cm³/mol. The number of pyridine rings is 1. The van der Waals surface area contributed by atoms with Gasteiger partial charge in [0.15, 0.2) is 5.43 Å². The maximum Gasteiger partial charge on any atom is 0.337 e. The number of para-hydroxylation sites is 1. The van der Waals surface area contributed by atoms with Crippen LogP contribution < -0.4 is 21.8 Å². The molecule has 0 fully saturated rings. The van der Waals surface area contributed by atoms with E-state index in [2.05, 4.69) is 15.6 Å². The van der Waals surface area contributed by atoms with E-state index >= 15 is 0 Å². The maximum absolute atomic E-state index is 13.4. The summed E-state index contributed by atoms with van der Waals surface area (Å²) in [5, 5.41) is 16.2. The molecule has 0 aliphatic rings. The van der Waals surface area contributed by atoms with Gasteiger partial charge in [0, 0.05) is 41.8 Å². The number of aromatic nitrogens is 1. The Bertz CT molecular complexity index is 1540. The lowest BCUT2D eigenvalue weighted by molar-refractivity contribution is 0.0698. The summed E-state index contributed by atoms with van der Waals surface area (Å²) in [6.07, 6.45) is 3.27. The van der Waals surface area contributed by atoms with Crippen LogP contribution in [0.4, 0.5) is 5.69 Å². The van der Waals surface area contributed by atoms with Gasteiger partial charge in [0.2, 0.25) is 0 Å². The number of carbonyl (C=O) groups is 1. The first kappa shape index (κ1) is 24.5. The van der Waals surface area contributed by atoms with E-state index < -0.39 is 5.97 Å². The highest BCUT2D eigenvalue weighted by atomic mass is 16.4. The van der Waals surface area contributed by atoms with E-state index in [0.29, 0.717) is 44.9 Å². The van der Waals surface area contributed by atoms with Crippen LogP contribution in [0.25, 0.3) is 28.0 Å². The summed E-state index contributed by atoms with van der Waals surface area (Å²) in [5.41, 5.74) is 10.8. The van der Waals surface area contributed by atoms with Crippen molar-refractivity contribution >= 4 is 28.3 Å². The summed E-state index contributed by atoms with van der Waals surface area (Å²) in [6, 6.07) is 13.7. The van der Waals surface area contributed by atoms with Crippen LogP contribution in [-0.4, -0.2) is 23.1 Å². The molecular formula is C28H28N4O4. The van der Waals surface area contributed by atoms with Crippen molar-refractivity contribution in [2.75, 3.05) is 12.4 Å². The van der Waals surface area contributed by atoms with Crippen molar-refractivity contribution in [3.05, 3.63) is 99.1 Å². The highest BCUT2D eigenvalue weighted by Crippen LogP contribution is 2.32. The van der Waals surface area contributed by atoms with Gasteiger partial charge < -0.3 is 25.9 Å². The van der Waals surface area contributed by atoms with Gasteiger partial charge in [-0.3, -0.25) is 9.78 Å². The number of benzene rings is 2. The van der Waals surface area contributed by atoms with E-state index in [4.69, 9.17) is 10.2 Å². The third-order valence-electron chi connectivity index (χ3n) is 6.01. The van der Waals surface area contributed by atoms with Crippen molar-refractivity contribution in [3.8, 4) is 11.3 Å². The second kappa shape index (κ2) is 9.95. The minimum atomic E-state index is -1.02. The van der Waals surface area contributed by atoms with Gasteiger partial charge in [0.1, 0.15) is 11.3 Å². The summed E-state index contributed by atoms with van der Waals surface area (Å²) >= 11 is 0. The Labute approximate surface area is 208 Å². The van der Waals surface area contributed by atoms with Crippen LogP contribution in [0.2, 0.25) is 0 Å². The smallest absolute Gasteiger partial charge is 0.337 e. The number of nitrogens with one attached hydrogen (secondary N) is 2. The zero-order valence-electron chi connectivity index (χ0n) is 20.5. The molecule has 4 rings (SSSR count). The summed E-state index contributed by atoms with van der Waals surface area (Å²) < 4.78 is 6.38. The normalized spacial score (nSPS) is 12.4. The summed E-state index contributed by atoms with van der Waals surface area (Å²) in [6.45, 7) is 5.55. The molecule has 0 radical (unpaired) electrons. The Morgan fingerprint density at radius 1 is 1.17 bits per heavy atom. The van der Waals surface area contributed by atoms with Crippen molar-refractivity contribution in [1.29, 1.82) is 0 Å². The quantitative estimate of drug-likeness (QED) is 0.294. The largest absolute Gasteiger partial charge is 0.478 e. The number of aryl methyl sites for hydroxylation is 1. The average molecular weight is 485 g/mol. The molecule has 8 nitrogen and oxygen atoms in total. The van der Waals surface area contributed by atoms with E-state index in [9.17, 15) is 14.7 Å². The molecule has 0 saturated carbocycles. The monoisotopic (exact) mass is 484 g/mol. The first-order valence-electron chi connectivity index (χ1n) is 11.5. The van der Waals surface area contributed by atoms with Crippen LogP contribution in [0, 0.1) is 13.8 Å². The Morgan fingerprint density at radius 3 is 2.58 bits per heavy atom.